The highest BCUT2D eigenvalue weighted by Crippen LogP contribution is 2.32. The van der Waals surface area contributed by atoms with E-state index in [2.05, 4.69) is 12.1 Å². The van der Waals surface area contributed by atoms with E-state index in [0.717, 1.165) is 16.8 Å². The van der Waals surface area contributed by atoms with E-state index < -0.39 is 0 Å². The van der Waals surface area contributed by atoms with Crippen LogP contribution < -0.4 is 4.90 Å². The first kappa shape index (κ1) is 18.4. The normalized spacial score (nSPS) is 20.7. The van der Waals surface area contributed by atoms with Gasteiger partial charge < -0.3 is 14.7 Å². The molecule has 0 aromatic heterocycles. The molecule has 1 atom stereocenters. The van der Waals surface area contributed by atoms with E-state index in [4.69, 9.17) is 0 Å². The maximum absolute atomic E-state index is 12.9. The molecule has 1 aromatic rings. The first-order chi connectivity index (χ1) is 12.3. The summed E-state index contributed by atoms with van der Waals surface area (Å²) in [6.07, 6.45) is 0.262. The average Bonchev–Trinajstić information content (AvgIpc) is 2.95. The fraction of sp³-hybridized carbons (Fsp3) is 0.550. The van der Waals surface area contributed by atoms with Crippen LogP contribution >= 0.6 is 0 Å². The second-order valence-corrected chi connectivity index (χ2v) is 7.48. The zero-order chi connectivity index (χ0) is 19.0. The van der Waals surface area contributed by atoms with Crippen LogP contribution in [0.25, 0.3) is 0 Å². The fourth-order valence-corrected chi connectivity index (χ4v) is 4.19. The van der Waals surface area contributed by atoms with Gasteiger partial charge in [-0.1, -0.05) is 17.7 Å². The molecule has 3 amide bonds. The van der Waals surface area contributed by atoms with Crippen LogP contribution in [0.5, 0.6) is 0 Å². The first-order valence-corrected chi connectivity index (χ1v) is 9.20. The summed E-state index contributed by atoms with van der Waals surface area (Å²) >= 11 is 0. The molecule has 0 bridgehead atoms. The van der Waals surface area contributed by atoms with E-state index in [-0.39, 0.29) is 30.1 Å². The highest BCUT2D eigenvalue weighted by atomic mass is 16.2. The molecule has 6 heteroatoms. The lowest BCUT2D eigenvalue weighted by atomic mass is 10.0. The molecule has 140 valence electrons. The molecule has 0 aliphatic carbocycles. The molecule has 1 unspecified atom stereocenters. The molecule has 0 radical (unpaired) electrons. The van der Waals surface area contributed by atoms with E-state index in [1.165, 1.54) is 5.56 Å². The number of aryl methyl sites for hydroxylation is 3. The molecule has 2 aliphatic heterocycles. The van der Waals surface area contributed by atoms with Crippen molar-refractivity contribution in [3.63, 3.8) is 0 Å². The lowest BCUT2D eigenvalue weighted by Gasteiger charge is -2.35. The molecule has 6 nitrogen and oxygen atoms in total. The van der Waals surface area contributed by atoms with Crippen LogP contribution in [0, 0.1) is 26.7 Å². The van der Waals surface area contributed by atoms with Crippen LogP contribution in [-0.4, -0.2) is 60.2 Å². The largest absolute Gasteiger partial charge is 0.339 e. The Hall–Kier alpha value is -2.37. The van der Waals surface area contributed by atoms with Crippen molar-refractivity contribution in [1.29, 1.82) is 0 Å². The van der Waals surface area contributed by atoms with Crippen LogP contribution in [0.1, 0.15) is 30.0 Å². The third-order valence-corrected chi connectivity index (χ3v) is 5.42. The summed E-state index contributed by atoms with van der Waals surface area (Å²) in [5.41, 5.74) is 4.25. The van der Waals surface area contributed by atoms with Gasteiger partial charge in [0, 0.05) is 51.8 Å². The second-order valence-electron chi connectivity index (χ2n) is 7.48. The topological polar surface area (TPSA) is 60.9 Å². The third kappa shape index (κ3) is 3.45. The Balaban J connectivity index is 1.70. The Morgan fingerprint density at radius 1 is 0.962 bits per heavy atom. The first-order valence-electron chi connectivity index (χ1n) is 9.20. The Morgan fingerprint density at radius 3 is 2.04 bits per heavy atom. The molecule has 2 fully saturated rings. The number of anilines is 1. The minimum absolute atomic E-state index is 0.0146. The number of amides is 3. The van der Waals surface area contributed by atoms with E-state index >= 15 is 0 Å². The lowest BCUT2D eigenvalue weighted by molar-refractivity contribution is -0.141. The highest BCUT2D eigenvalue weighted by Gasteiger charge is 2.38. The molecular weight excluding hydrogens is 330 g/mol. The SMILES string of the molecule is CC(=O)N1CCN(C(=O)C2CC(=O)N(c3c(C)cc(C)cc3C)C2)CC1. The van der Waals surface area contributed by atoms with Gasteiger partial charge in [0.1, 0.15) is 0 Å². The second kappa shape index (κ2) is 7.09. The molecule has 0 N–H and O–H groups in total. The number of hydrogen-bond donors (Lipinski definition) is 0. The van der Waals surface area contributed by atoms with E-state index in [1.807, 2.05) is 20.8 Å². The molecular formula is C20H27N3O3. The quantitative estimate of drug-likeness (QED) is 0.809. The van der Waals surface area contributed by atoms with Crippen molar-refractivity contribution < 1.29 is 14.4 Å². The van der Waals surface area contributed by atoms with E-state index in [1.54, 1.807) is 21.6 Å². The highest BCUT2D eigenvalue weighted by molar-refractivity contribution is 6.01. The van der Waals surface area contributed by atoms with Crippen molar-refractivity contribution in [1.82, 2.24) is 9.80 Å². The predicted octanol–water partition coefficient (Wildman–Crippen LogP) is 1.66. The van der Waals surface area contributed by atoms with Crippen LogP contribution in [-0.2, 0) is 14.4 Å². The summed E-state index contributed by atoms with van der Waals surface area (Å²) in [5, 5.41) is 0. The van der Waals surface area contributed by atoms with Crippen molar-refractivity contribution in [3.05, 3.63) is 28.8 Å². The van der Waals surface area contributed by atoms with Crippen LogP contribution in [0.15, 0.2) is 12.1 Å². The Labute approximate surface area is 154 Å². The summed E-state index contributed by atoms with van der Waals surface area (Å²) in [7, 11) is 0. The predicted molar refractivity (Wildman–Crippen MR) is 99.9 cm³/mol. The van der Waals surface area contributed by atoms with Crippen LogP contribution in [0.2, 0.25) is 0 Å². The average molecular weight is 357 g/mol. The lowest BCUT2D eigenvalue weighted by Crippen LogP contribution is -2.51. The zero-order valence-electron chi connectivity index (χ0n) is 16.0. The molecule has 0 saturated carbocycles. The number of nitrogens with zero attached hydrogens (tertiary/aromatic N) is 3. The Kier molecular flexibility index (Phi) is 5.03. The van der Waals surface area contributed by atoms with Crippen molar-refractivity contribution in [3.8, 4) is 0 Å². The van der Waals surface area contributed by atoms with Gasteiger partial charge in [0.05, 0.1) is 5.92 Å². The van der Waals surface area contributed by atoms with Crippen LogP contribution in [0.3, 0.4) is 0 Å². The fourth-order valence-electron chi connectivity index (χ4n) is 4.19. The number of piperazine rings is 1. The minimum atomic E-state index is -0.300. The standard InChI is InChI=1S/C20H27N3O3/c1-13-9-14(2)19(15(3)10-13)23-12-17(11-18(23)25)20(26)22-7-5-21(6-8-22)16(4)24/h9-10,17H,5-8,11-12H2,1-4H3. The van der Waals surface area contributed by atoms with Gasteiger partial charge in [0.25, 0.3) is 0 Å². The minimum Gasteiger partial charge on any atom is -0.339 e. The molecule has 1 aromatic carbocycles. The number of hydrogen-bond acceptors (Lipinski definition) is 3. The molecule has 3 rings (SSSR count). The molecule has 2 aliphatic rings. The Morgan fingerprint density at radius 2 is 1.50 bits per heavy atom. The van der Waals surface area contributed by atoms with Gasteiger partial charge in [0.15, 0.2) is 0 Å². The van der Waals surface area contributed by atoms with Gasteiger partial charge >= 0.3 is 0 Å². The number of carbonyl (C=O) groups is 3. The number of rotatable bonds is 2. The maximum Gasteiger partial charge on any atom is 0.228 e. The monoisotopic (exact) mass is 357 g/mol. The molecule has 2 saturated heterocycles. The van der Waals surface area contributed by atoms with E-state index in [0.29, 0.717) is 32.7 Å². The summed E-state index contributed by atoms with van der Waals surface area (Å²) in [5.74, 6) is -0.205. The molecule has 0 spiro atoms. The van der Waals surface area contributed by atoms with Gasteiger partial charge in [-0.25, -0.2) is 0 Å². The van der Waals surface area contributed by atoms with Gasteiger partial charge in [-0.15, -0.1) is 0 Å². The molecule has 26 heavy (non-hydrogen) atoms. The smallest absolute Gasteiger partial charge is 0.228 e. The van der Waals surface area contributed by atoms with Crippen molar-refractivity contribution in [2.24, 2.45) is 5.92 Å². The summed E-state index contributed by atoms with van der Waals surface area (Å²) < 4.78 is 0. The Bertz CT molecular complexity index is 728. The van der Waals surface area contributed by atoms with Gasteiger partial charge in [-0.05, 0) is 31.9 Å². The number of carbonyl (C=O) groups excluding carboxylic acids is 3. The van der Waals surface area contributed by atoms with E-state index in [9.17, 15) is 14.4 Å². The summed E-state index contributed by atoms with van der Waals surface area (Å²) in [6.45, 7) is 10.3. The number of benzene rings is 1. The third-order valence-electron chi connectivity index (χ3n) is 5.42. The van der Waals surface area contributed by atoms with Crippen LogP contribution in [0.4, 0.5) is 5.69 Å². The zero-order valence-corrected chi connectivity index (χ0v) is 16.0. The van der Waals surface area contributed by atoms with Gasteiger partial charge in [0.2, 0.25) is 17.7 Å². The van der Waals surface area contributed by atoms with Crippen molar-refractivity contribution in [2.45, 2.75) is 34.1 Å². The molecule has 2 heterocycles. The summed E-state index contributed by atoms with van der Waals surface area (Å²) in [6, 6.07) is 4.15. The summed E-state index contributed by atoms with van der Waals surface area (Å²) in [4.78, 5) is 42.2. The van der Waals surface area contributed by atoms with Crippen molar-refractivity contribution in [2.75, 3.05) is 37.6 Å². The van der Waals surface area contributed by atoms with Gasteiger partial charge in [-0.3, -0.25) is 14.4 Å². The van der Waals surface area contributed by atoms with Gasteiger partial charge in [-0.2, -0.15) is 0 Å². The van der Waals surface area contributed by atoms with Crippen molar-refractivity contribution >= 4 is 23.4 Å². The maximum atomic E-state index is 12.9.